The molecule has 0 spiro atoms. The number of imidazole rings is 1. The summed E-state index contributed by atoms with van der Waals surface area (Å²) in [4.78, 5) is 18.4. The van der Waals surface area contributed by atoms with Crippen molar-refractivity contribution in [2.45, 2.75) is 45.2 Å². The molecule has 1 atom stereocenters. The summed E-state index contributed by atoms with van der Waals surface area (Å²) in [5, 5.41) is 3.15. The van der Waals surface area contributed by atoms with Gasteiger partial charge in [0.2, 0.25) is 5.91 Å². The van der Waals surface area contributed by atoms with Gasteiger partial charge in [-0.2, -0.15) is 0 Å². The zero-order chi connectivity index (χ0) is 17.6. The van der Waals surface area contributed by atoms with Crippen LogP contribution in [0.5, 0.6) is 0 Å². The zero-order valence-corrected chi connectivity index (χ0v) is 14.6. The molecule has 1 unspecified atom stereocenters. The highest BCUT2D eigenvalue weighted by Gasteiger charge is 2.22. The third kappa shape index (κ3) is 4.81. The van der Waals surface area contributed by atoms with Gasteiger partial charge in [0.1, 0.15) is 5.82 Å². The van der Waals surface area contributed by atoms with Gasteiger partial charge in [-0.1, -0.05) is 0 Å². The first kappa shape index (κ1) is 17.5. The number of carbonyl (C=O) groups is 1. The Morgan fingerprint density at radius 1 is 1.44 bits per heavy atom. The van der Waals surface area contributed by atoms with E-state index >= 15 is 0 Å². The first-order valence-corrected chi connectivity index (χ1v) is 8.88. The first-order valence-electron chi connectivity index (χ1n) is 8.88. The van der Waals surface area contributed by atoms with Gasteiger partial charge in [-0.25, -0.2) is 9.37 Å². The van der Waals surface area contributed by atoms with Gasteiger partial charge in [0, 0.05) is 50.2 Å². The Balaban J connectivity index is 1.48. The van der Waals surface area contributed by atoms with E-state index in [1.807, 2.05) is 23.8 Å². The number of aromatic nitrogens is 2. The third-order valence-electron chi connectivity index (χ3n) is 4.67. The predicted octanol–water partition coefficient (Wildman–Crippen LogP) is 2.90. The number of benzene rings is 1. The summed E-state index contributed by atoms with van der Waals surface area (Å²) >= 11 is 0. The lowest BCUT2D eigenvalue weighted by Crippen LogP contribution is -2.48. The number of hydrogen-bond donors (Lipinski definition) is 1. The minimum Gasteiger partial charge on any atom is -0.369 e. The van der Waals surface area contributed by atoms with Crippen molar-refractivity contribution in [3.05, 3.63) is 48.3 Å². The summed E-state index contributed by atoms with van der Waals surface area (Å²) in [7, 11) is 0. The number of nitrogens with zero attached hydrogens (tertiary/aromatic N) is 3. The lowest BCUT2D eigenvalue weighted by atomic mass is 10.0. The van der Waals surface area contributed by atoms with Gasteiger partial charge in [0.05, 0.1) is 6.33 Å². The quantitative estimate of drug-likeness (QED) is 0.877. The standard InChI is InChI=1S/C19H25FN4O/c1-15-12-16(20)6-7-18(15)24-10-2-4-17(13-24)22-19(25)5-3-9-23-11-8-21-14-23/h6-8,11-12,14,17H,2-5,9-10,13H2,1H3,(H,22,25). The van der Waals surface area contributed by atoms with Crippen molar-refractivity contribution in [1.29, 1.82) is 0 Å². The van der Waals surface area contributed by atoms with E-state index in [1.54, 1.807) is 18.6 Å². The van der Waals surface area contributed by atoms with Crippen LogP contribution in [0.1, 0.15) is 31.2 Å². The Morgan fingerprint density at radius 2 is 2.32 bits per heavy atom. The number of carbonyl (C=O) groups excluding carboxylic acids is 1. The second kappa shape index (κ2) is 8.14. The van der Waals surface area contributed by atoms with Crippen LogP contribution in [0.2, 0.25) is 0 Å². The van der Waals surface area contributed by atoms with Gasteiger partial charge in [-0.3, -0.25) is 4.79 Å². The van der Waals surface area contributed by atoms with Crippen LogP contribution in [0, 0.1) is 12.7 Å². The van der Waals surface area contributed by atoms with Crippen LogP contribution >= 0.6 is 0 Å². The third-order valence-corrected chi connectivity index (χ3v) is 4.67. The van der Waals surface area contributed by atoms with E-state index in [1.165, 1.54) is 6.07 Å². The highest BCUT2D eigenvalue weighted by atomic mass is 19.1. The van der Waals surface area contributed by atoms with Crippen LogP contribution in [-0.4, -0.2) is 34.6 Å². The smallest absolute Gasteiger partial charge is 0.220 e. The molecule has 134 valence electrons. The van der Waals surface area contributed by atoms with E-state index in [2.05, 4.69) is 15.2 Å². The van der Waals surface area contributed by atoms with Crippen LogP contribution in [0.4, 0.5) is 10.1 Å². The summed E-state index contributed by atoms with van der Waals surface area (Å²) in [6.07, 6.45) is 8.75. The van der Waals surface area contributed by atoms with E-state index in [0.717, 1.165) is 50.1 Å². The maximum atomic E-state index is 13.3. The normalized spacial score (nSPS) is 17.5. The second-order valence-electron chi connectivity index (χ2n) is 6.69. The number of nitrogens with one attached hydrogen (secondary N) is 1. The highest BCUT2D eigenvalue weighted by Crippen LogP contribution is 2.24. The maximum Gasteiger partial charge on any atom is 0.220 e. The van der Waals surface area contributed by atoms with Crippen LogP contribution in [0.15, 0.2) is 36.9 Å². The Bertz CT molecular complexity index is 701. The van der Waals surface area contributed by atoms with Gasteiger partial charge in [0.15, 0.2) is 0 Å². The number of aryl methyl sites for hydroxylation is 2. The largest absolute Gasteiger partial charge is 0.369 e. The molecule has 1 aliphatic rings. The molecular weight excluding hydrogens is 319 g/mol. The average Bonchev–Trinajstić information content (AvgIpc) is 3.08. The molecule has 2 aromatic rings. The molecule has 0 saturated carbocycles. The van der Waals surface area contributed by atoms with Crippen molar-refractivity contribution in [2.24, 2.45) is 0 Å². The molecule has 5 nitrogen and oxygen atoms in total. The molecule has 1 amide bonds. The monoisotopic (exact) mass is 344 g/mol. The summed E-state index contributed by atoms with van der Waals surface area (Å²) in [5.74, 6) is -0.108. The molecule has 1 fully saturated rings. The Morgan fingerprint density at radius 3 is 3.08 bits per heavy atom. The van der Waals surface area contributed by atoms with Crippen molar-refractivity contribution >= 4 is 11.6 Å². The number of amides is 1. The van der Waals surface area contributed by atoms with Crippen molar-refractivity contribution in [2.75, 3.05) is 18.0 Å². The van der Waals surface area contributed by atoms with E-state index in [-0.39, 0.29) is 17.8 Å². The van der Waals surface area contributed by atoms with Gasteiger partial charge in [-0.15, -0.1) is 0 Å². The molecule has 0 radical (unpaired) electrons. The summed E-state index contributed by atoms with van der Waals surface area (Å²) in [5.41, 5.74) is 1.99. The number of rotatable bonds is 6. The van der Waals surface area contributed by atoms with Gasteiger partial charge >= 0.3 is 0 Å². The molecule has 25 heavy (non-hydrogen) atoms. The molecule has 0 bridgehead atoms. The van der Waals surface area contributed by atoms with Crippen LogP contribution in [-0.2, 0) is 11.3 Å². The van der Waals surface area contributed by atoms with Crippen molar-refractivity contribution in [3.8, 4) is 0 Å². The Kier molecular flexibility index (Phi) is 5.68. The molecule has 1 saturated heterocycles. The lowest BCUT2D eigenvalue weighted by Gasteiger charge is -2.35. The first-order chi connectivity index (χ1) is 12.1. The summed E-state index contributed by atoms with van der Waals surface area (Å²) < 4.78 is 15.3. The molecule has 6 heteroatoms. The highest BCUT2D eigenvalue weighted by molar-refractivity contribution is 5.76. The summed E-state index contributed by atoms with van der Waals surface area (Å²) in [6, 6.07) is 5.05. The van der Waals surface area contributed by atoms with Gasteiger partial charge < -0.3 is 14.8 Å². The summed E-state index contributed by atoms with van der Waals surface area (Å²) in [6.45, 7) is 4.45. The van der Waals surface area contributed by atoms with E-state index in [9.17, 15) is 9.18 Å². The van der Waals surface area contributed by atoms with E-state index in [0.29, 0.717) is 6.42 Å². The predicted molar refractivity (Wildman–Crippen MR) is 96.0 cm³/mol. The Labute approximate surface area is 147 Å². The van der Waals surface area contributed by atoms with Crippen molar-refractivity contribution < 1.29 is 9.18 Å². The lowest BCUT2D eigenvalue weighted by molar-refractivity contribution is -0.122. The molecule has 0 aliphatic carbocycles. The average molecular weight is 344 g/mol. The fourth-order valence-corrected chi connectivity index (χ4v) is 3.43. The fraction of sp³-hybridized carbons (Fsp3) is 0.474. The number of hydrogen-bond acceptors (Lipinski definition) is 3. The fourth-order valence-electron chi connectivity index (χ4n) is 3.43. The number of piperidine rings is 1. The van der Waals surface area contributed by atoms with Crippen LogP contribution in [0.25, 0.3) is 0 Å². The van der Waals surface area contributed by atoms with Crippen LogP contribution < -0.4 is 10.2 Å². The molecule has 1 N–H and O–H groups in total. The zero-order valence-electron chi connectivity index (χ0n) is 14.6. The van der Waals surface area contributed by atoms with E-state index < -0.39 is 0 Å². The van der Waals surface area contributed by atoms with Crippen LogP contribution in [0.3, 0.4) is 0 Å². The maximum absolute atomic E-state index is 13.3. The van der Waals surface area contributed by atoms with Crippen molar-refractivity contribution in [1.82, 2.24) is 14.9 Å². The van der Waals surface area contributed by atoms with Gasteiger partial charge in [-0.05, 0) is 49.9 Å². The Hall–Kier alpha value is -2.37. The molecule has 3 rings (SSSR count). The van der Waals surface area contributed by atoms with Crippen molar-refractivity contribution in [3.63, 3.8) is 0 Å². The second-order valence-corrected chi connectivity index (χ2v) is 6.69. The molecular formula is C19H25FN4O. The number of halogens is 1. The molecule has 1 aromatic carbocycles. The van der Waals surface area contributed by atoms with Gasteiger partial charge in [0.25, 0.3) is 0 Å². The molecule has 1 aromatic heterocycles. The molecule has 2 heterocycles. The SMILES string of the molecule is Cc1cc(F)ccc1N1CCCC(NC(=O)CCCn2ccnc2)C1. The minimum absolute atomic E-state index is 0.0998. The molecule has 1 aliphatic heterocycles. The number of anilines is 1. The van der Waals surface area contributed by atoms with E-state index in [4.69, 9.17) is 0 Å². The minimum atomic E-state index is -0.207. The topological polar surface area (TPSA) is 50.2 Å².